The largest absolute Gasteiger partial charge is 0.391 e. The summed E-state index contributed by atoms with van der Waals surface area (Å²) in [5, 5.41) is 27.8. The Morgan fingerprint density at radius 1 is 1.62 bits per heavy atom. The second-order valence-electron chi connectivity index (χ2n) is 2.33. The molecular weight excluding hydrogens is 172 g/mol. The summed E-state index contributed by atoms with van der Waals surface area (Å²) in [7, 11) is 0. The Morgan fingerprint density at radius 3 is 2.77 bits per heavy atom. The lowest BCUT2D eigenvalue weighted by Gasteiger charge is -1.99. The molecule has 1 aromatic rings. The zero-order chi connectivity index (χ0) is 9.84. The third kappa shape index (κ3) is 1.63. The molecule has 0 aliphatic rings. The van der Waals surface area contributed by atoms with Gasteiger partial charge in [0.1, 0.15) is 0 Å². The highest BCUT2D eigenvalue weighted by atomic mass is 16.6. The van der Waals surface area contributed by atoms with Crippen molar-refractivity contribution in [1.82, 2.24) is 0 Å². The summed E-state index contributed by atoms with van der Waals surface area (Å²) in [5.41, 5.74) is -0.0201. The van der Waals surface area contributed by atoms with Gasteiger partial charge in [0.25, 0.3) is 5.69 Å². The number of aliphatic hydroxyl groups is 1. The van der Waals surface area contributed by atoms with Crippen LogP contribution in [-0.4, -0.2) is 10.0 Å². The molecule has 13 heavy (non-hydrogen) atoms. The molecule has 0 unspecified atom stereocenters. The summed E-state index contributed by atoms with van der Waals surface area (Å²) in [4.78, 5) is 9.82. The Hall–Kier alpha value is -1.93. The van der Waals surface area contributed by atoms with Crippen LogP contribution < -0.4 is 0 Å². The summed E-state index contributed by atoms with van der Waals surface area (Å²) in [6, 6.07) is 5.88. The Morgan fingerprint density at radius 2 is 2.31 bits per heavy atom. The van der Waals surface area contributed by atoms with Gasteiger partial charge < -0.3 is 5.11 Å². The summed E-state index contributed by atoms with van der Waals surface area (Å²) < 4.78 is 0. The summed E-state index contributed by atoms with van der Waals surface area (Å²) in [6.45, 7) is -0.500. The standard InChI is InChI=1S/C8H6N2O3/c9-4-6-2-1-3-8(10(12)13)7(6)5-11/h1-3,11H,5H2. The van der Waals surface area contributed by atoms with Crippen molar-refractivity contribution in [3.05, 3.63) is 39.4 Å². The van der Waals surface area contributed by atoms with Crippen molar-refractivity contribution in [2.45, 2.75) is 6.61 Å². The topological polar surface area (TPSA) is 87.2 Å². The molecule has 0 aliphatic heterocycles. The molecule has 0 atom stereocenters. The Bertz CT molecular complexity index is 381. The highest BCUT2D eigenvalue weighted by molar-refractivity contribution is 5.50. The maximum absolute atomic E-state index is 10.4. The molecule has 1 rings (SSSR count). The molecule has 0 amide bonds. The Labute approximate surface area is 74.0 Å². The van der Waals surface area contributed by atoms with Crippen LogP contribution in [0.4, 0.5) is 5.69 Å². The van der Waals surface area contributed by atoms with Crippen LogP contribution in [0.2, 0.25) is 0 Å². The zero-order valence-corrected chi connectivity index (χ0v) is 6.60. The van der Waals surface area contributed by atoms with Gasteiger partial charge in [-0.3, -0.25) is 10.1 Å². The van der Waals surface area contributed by atoms with Crippen LogP contribution in [0.15, 0.2) is 18.2 Å². The predicted molar refractivity (Wildman–Crippen MR) is 43.7 cm³/mol. The highest BCUT2D eigenvalue weighted by Gasteiger charge is 2.15. The lowest BCUT2D eigenvalue weighted by molar-refractivity contribution is -0.385. The van der Waals surface area contributed by atoms with Crippen molar-refractivity contribution in [3.8, 4) is 6.07 Å². The molecule has 0 aliphatic carbocycles. The quantitative estimate of drug-likeness (QED) is 0.539. The molecule has 0 heterocycles. The average Bonchev–Trinajstić information content (AvgIpc) is 2.16. The molecule has 0 saturated carbocycles. The second kappa shape index (κ2) is 3.65. The molecule has 1 N–H and O–H groups in total. The van der Waals surface area contributed by atoms with Gasteiger partial charge in [0.15, 0.2) is 0 Å². The number of aliphatic hydroxyl groups excluding tert-OH is 1. The number of nitriles is 1. The van der Waals surface area contributed by atoms with Crippen LogP contribution in [0.1, 0.15) is 11.1 Å². The fourth-order valence-corrected chi connectivity index (χ4v) is 1.02. The maximum atomic E-state index is 10.4. The van der Waals surface area contributed by atoms with E-state index in [1.54, 1.807) is 6.07 Å². The van der Waals surface area contributed by atoms with E-state index >= 15 is 0 Å². The molecular formula is C8H6N2O3. The lowest BCUT2D eigenvalue weighted by atomic mass is 10.1. The minimum atomic E-state index is -0.619. The van der Waals surface area contributed by atoms with E-state index in [0.717, 1.165) is 0 Å². The number of nitrogens with zero attached hydrogens (tertiary/aromatic N) is 2. The molecule has 0 radical (unpaired) electrons. The van der Waals surface area contributed by atoms with E-state index in [2.05, 4.69) is 0 Å². The van der Waals surface area contributed by atoms with Crippen LogP contribution in [0.25, 0.3) is 0 Å². The van der Waals surface area contributed by atoms with Gasteiger partial charge in [-0.1, -0.05) is 6.07 Å². The smallest absolute Gasteiger partial charge is 0.276 e. The fourth-order valence-electron chi connectivity index (χ4n) is 1.02. The lowest BCUT2D eigenvalue weighted by Crippen LogP contribution is -1.97. The summed E-state index contributed by atoms with van der Waals surface area (Å²) in [6.07, 6.45) is 0. The van der Waals surface area contributed by atoms with E-state index in [9.17, 15) is 10.1 Å². The number of nitro benzene ring substituents is 1. The minimum absolute atomic E-state index is 0.0648. The number of hydrogen-bond acceptors (Lipinski definition) is 4. The first-order chi connectivity index (χ1) is 6.20. The maximum Gasteiger partial charge on any atom is 0.276 e. The molecule has 1 aromatic carbocycles. The Balaban J connectivity index is 3.38. The van der Waals surface area contributed by atoms with Crippen LogP contribution in [-0.2, 0) is 6.61 Å². The first-order valence-electron chi connectivity index (χ1n) is 3.48. The highest BCUT2D eigenvalue weighted by Crippen LogP contribution is 2.21. The van der Waals surface area contributed by atoms with Crippen molar-refractivity contribution < 1.29 is 10.0 Å². The summed E-state index contributed by atoms with van der Waals surface area (Å²) >= 11 is 0. The van der Waals surface area contributed by atoms with Crippen LogP contribution in [0.5, 0.6) is 0 Å². The first kappa shape index (κ1) is 9.16. The molecule has 0 bridgehead atoms. The third-order valence-electron chi connectivity index (χ3n) is 1.63. The molecule has 5 heteroatoms. The van der Waals surface area contributed by atoms with E-state index in [4.69, 9.17) is 10.4 Å². The van der Waals surface area contributed by atoms with E-state index in [1.165, 1.54) is 18.2 Å². The van der Waals surface area contributed by atoms with E-state index < -0.39 is 11.5 Å². The van der Waals surface area contributed by atoms with Gasteiger partial charge in [0.2, 0.25) is 0 Å². The van der Waals surface area contributed by atoms with Crippen molar-refractivity contribution in [2.75, 3.05) is 0 Å². The van der Waals surface area contributed by atoms with Crippen molar-refractivity contribution in [1.29, 1.82) is 5.26 Å². The van der Waals surface area contributed by atoms with E-state index in [-0.39, 0.29) is 16.8 Å². The molecule has 0 spiro atoms. The number of rotatable bonds is 2. The molecule has 0 aromatic heterocycles. The number of nitro groups is 1. The predicted octanol–water partition coefficient (Wildman–Crippen LogP) is 0.959. The van der Waals surface area contributed by atoms with Gasteiger partial charge in [0.05, 0.1) is 28.7 Å². The van der Waals surface area contributed by atoms with Gasteiger partial charge in [0, 0.05) is 6.07 Å². The summed E-state index contributed by atoms with van der Waals surface area (Å²) in [5.74, 6) is 0. The molecule has 5 nitrogen and oxygen atoms in total. The number of benzene rings is 1. The van der Waals surface area contributed by atoms with E-state index in [0.29, 0.717) is 0 Å². The molecule has 0 fully saturated rings. The SMILES string of the molecule is N#Cc1cccc([N+](=O)[O-])c1CO. The second-order valence-corrected chi connectivity index (χ2v) is 2.33. The van der Waals surface area contributed by atoms with E-state index in [1.807, 2.05) is 0 Å². The van der Waals surface area contributed by atoms with Crippen molar-refractivity contribution in [2.24, 2.45) is 0 Å². The van der Waals surface area contributed by atoms with Gasteiger partial charge in [-0.05, 0) is 6.07 Å². The average molecular weight is 178 g/mol. The third-order valence-corrected chi connectivity index (χ3v) is 1.63. The van der Waals surface area contributed by atoms with Crippen molar-refractivity contribution >= 4 is 5.69 Å². The normalized spacial score (nSPS) is 9.23. The van der Waals surface area contributed by atoms with Gasteiger partial charge in [-0.2, -0.15) is 5.26 Å². The van der Waals surface area contributed by atoms with Crippen molar-refractivity contribution in [3.63, 3.8) is 0 Å². The monoisotopic (exact) mass is 178 g/mol. The molecule has 66 valence electrons. The number of hydrogen-bond donors (Lipinski definition) is 1. The van der Waals surface area contributed by atoms with Gasteiger partial charge >= 0.3 is 0 Å². The van der Waals surface area contributed by atoms with Crippen LogP contribution in [0, 0.1) is 21.4 Å². The molecule has 0 saturated heterocycles. The Kier molecular flexibility index (Phi) is 2.57. The first-order valence-corrected chi connectivity index (χ1v) is 3.48. The van der Waals surface area contributed by atoms with Crippen LogP contribution >= 0.6 is 0 Å². The fraction of sp³-hybridized carbons (Fsp3) is 0.125. The van der Waals surface area contributed by atoms with Crippen LogP contribution in [0.3, 0.4) is 0 Å². The minimum Gasteiger partial charge on any atom is -0.391 e. The van der Waals surface area contributed by atoms with Gasteiger partial charge in [-0.15, -0.1) is 0 Å². The zero-order valence-electron chi connectivity index (χ0n) is 6.60. The van der Waals surface area contributed by atoms with Gasteiger partial charge in [-0.25, -0.2) is 0 Å².